The van der Waals surface area contributed by atoms with Gasteiger partial charge in [-0.05, 0) is 24.5 Å². The van der Waals surface area contributed by atoms with Crippen LogP contribution < -0.4 is 0 Å². The minimum absolute atomic E-state index is 0.0234. The van der Waals surface area contributed by atoms with Gasteiger partial charge in [0.05, 0.1) is 5.25 Å². The van der Waals surface area contributed by atoms with Crippen molar-refractivity contribution in [3.63, 3.8) is 0 Å². The fraction of sp³-hybridized carbons (Fsp3) is 0.625. The van der Waals surface area contributed by atoms with Crippen LogP contribution in [0.2, 0.25) is 0 Å². The van der Waals surface area contributed by atoms with Crippen molar-refractivity contribution in [2.24, 2.45) is 0 Å². The molecule has 0 N–H and O–H groups in total. The molecular formula is C8H10OS. The second kappa shape index (κ2) is 3.68. The fourth-order valence-electron chi connectivity index (χ4n) is 1.04. The van der Waals surface area contributed by atoms with Gasteiger partial charge in [-0.1, -0.05) is 6.42 Å². The van der Waals surface area contributed by atoms with E-state index in [2.05, 4.69) is 5.92 Å². The van der Waals surface area contributed by atoms with Gasteiger partial charge in [0.15, 0.2) is 0 Å². The molecule has 0 radical (unpaired) electrons. The normalized spacial score (nSPS) is 25.3. The number of thioether (sulfide) groups is 1. The lowest BCUT2D eigenvalue weighted by atomic mass is 10.1. The van der Waals surface area contributed by atoms with Crippen molar-refractivity contribution in [2.45, 2.75) is 24.5 Å². The number of rotatable bonds is 1. The van der Waals surface area contributed by atoms with Crippen molar-refractivity contribution in [2.75, 3.05) is 5.75 Å². The van der Waals surface area contributed by atoms with E-state index >= 15 is 0 Å². The second-order valence-corrected chi connectivity index (χ2v) is 3.67. The van der Waals surface area contributed by atoms with Crippen LogP contribution in [0.25, 0.3) is 0 Å². The van der Waals surface area contributed by atoms with Crippen LogP contribution in [0.1, 0.15) is 19.3 Å². The summed E-state index contributed by atoms with van der Waals surface area (Å²) in [5.41, 5.74) is 0. The molecule has 0 spiro atoms. The molecule has 0 aliphatic carbocycles. The number of hydrogen-bond acceptors (Lipinski definition) is 2. The largest absolute Gasteiger partial charge is 0.284 e. The lowest BCUT2D eigenvalue weighted by Gasteiger charge is -2.16. The molecule has 0 bridgehead atoms. The molecular weight excluding hydrogens is 144 g/mol. The highest BCUT2D eigenvalue weighted by molar-refractivity contribution is 8.00. The lowest BCUT2D eigenvalue weighted by Crippen LogP contribution is -2.18. The van der Waals surface area contributed by atoms with Crippen molar-refractivity contribution < 1.29 is 4.79 Å². The average Bonchev–Trinajstić information content (AvgIpc) is 2.05. The van der Waals surface area contributed by atoms with E-state index in [1.165, 1.54) is 6.42 Å². The number of ketones is 1. The van der Waals surface area contributed by atoms with Crippen LogP contribution >= 0.6 is 11.8 Å². The number of terminal acetylenes is 1. The van der Waals surface area contributed by atoms with Crippen LogP contribution in [-0.4, -0.2) is 16.8 Å². The van der Waals surface area contributed by atoms with Gasteiger partial charge in [-0.3, -0.25) is 4.79 Å². The third kappa shape index (κ3) is 1.78. The molecule has 2 heteroatoms. The first-order valence-electron chi connectivity index (χ1n) is 3.46. The molecule has 1 atom stereocenters. The molecule has 0 amide bonds. The highest BCUT2D eigenvalue weighted by Crippen LogP contribution is 2.25. The summed E-state index contributed by atoms with van der Waals surface area (Å²) in [6.07, 6.45) is 8.36. The van der Waals surface area contributed by atoms with E-state index in [0.29, 0.717) is 0 Å². The molecule has 1 nitrogen and oxygen atoms in total. The Labute approximate surface area is 65.6 Å². The van der Waals surface area contributed by atoms with Gasteiger partial charge in [0.1, 0.15) is 0 Å². The predicted molar refractivity (Wildman–Crippen MR) is 43.9 cm³/mol. The Bertz CT molecular complexity index is 163. The molecule has 10 heavy (non-hydrogen) atoms. The van der Waals surface area contributed by atoms with Crippen LogP contribution in [0.5, 0.6) is 0 Å². The zero-order valence-electron chi connectivity index (χ0n) is 5.80. The van der Waals surface area contributed by atoms with Crippen molar-refractivity contribution in [1.82, 2.24) is 0 Å². The monoisotopic (exact) mass is 154 g/mol. The summed E-state index contributed by atoms with van der Waals surface area (Å²) in [5.74, 6) is 3.25. The van der Waals surface area contributed by atoms with Gasteiger partial charge in [-0.2, -0.15) is 0 Å². The standard InChI is InChI=1S/C8H10OS/c1-2-7(9)8-5-3-4-6-10-8/h1,8H,3-6H2. The first-order valence-corrected chi connectivity index (χ1v) is 4.51. The smallest absolute Gasteiger partial charge is 0.218 e. The average molecular weight is 154 g/mol. The van der Waals surface area contributed by atoms with E-state index in [-0.39, 0.29) is 11.0 Å². The third-order valence-electron chi connectivity index (χ3n) is 1.61. The number of hydrogen-bond donors (Lipinski definition) is 0. The van der Waals surface area contributed by atoms with Gasteiger partial charge >= 0.3 is 0 Å². The van der Waals surface area contributed by atoms with E-state index in [1.807, 2.05) is 0 Å². The highest BCUT2D eigenvalue weighted by Gasteiger charge is 2.19. The molecule has 0 saturated carbocycles. The summed E-state index contributed by atoms with van der Waals surface area (Å²) in [6, 6.07) is 0. The lowest BCUT2D eigenvalue weighted by molar-refractivity contribution is -0.113. The SMILES string of the molecule is C#CC(=O)C1CCCCS1. The van der Waals surface area contributed by atoms with Crippen LogP contribution in [0, 0.1) is 12.3 Å². The number of carbonyl (C=O) groups excluding carboxylic acids is 1. The molecule has 0 aromatic carbocycles. The zero-order chi connectivity index (χ0) is 7.40. The number of Topliss-reactive ketones (excluding diaryl/α,β-unsaturated/α-hetero) is 1. The van der Waals surface area contributed by atoms with Crippen molar-refractivity contribution in [3.05, 3.63) is 0 Å². The Balaban J connectivity index is 2.40. The van der Waals surface area contributed by atoms with E-state index in [1.54, 1.807) is 11.8 Å². The Hall–Kier alpha value is -0.420. The maximum absolute atomic E-state index is 10.9. The summed E-state index contributed by atoms with van der Waals surface area (Å²) in [6.45, 7) is 0. The number of carbonyl (C=O) groups is 1. The summed E-state index contributed by atoms with van der Waals surface area (Å²) in [4.78, 5) is 10.9. The quantitative estimate of drug-likeness (QED) is 0.420. The first-order chi connectivity index (χ1) is 4.84. The Kier molecular flexibility index (Phi) is 2.82. The van der Waals surface area contributed by atoms with Crippen molar-refractivity contribution >= 4 is 17.5 Å². The Morgan fingerprint density at radius 1 is 1.60 bits per heavy atom. The van der Waals surface area contributed by atoms with Crippen molar-refractivity contribution in [3.8, 4) is 12.3 Å². The van der Waals surface area contributed by atoms with Crippen LogP contribution in [-0.2, 0) is 4.79 Å². The molecule has 1 aliphatic heterocycles. The molecule has 0 aromatic rings. The van der Waals surface area contributed by atoms with E-state index < -0.39 is 0 Å². The first kappa shape index (κ1) is 7.68. The molecule has 1 unspecified atom stereocenters. The van der Waals surface area contributed by atoms with Gasteiger partial charge < -0.3 is 0 Å². The van der Waals surface area contributed by atoms with Crippen molar-refractivity contribution in [1.29, 1.82) is 0 Å². The van der Waals surface area contributed by atoms with Gasteiger partial charge in [-0.15, -0.1) is 18.2 Å². The Morgan fingerprint density at radius 3 is 2.90 bits per heavy atom. The van der Waals surface area contributed by atoms with Crippen LogP contribution in [0.3, 0.4) is 0 Å². The van der Waals surface area contributed by atoms with Gasteiger partial charge in [-0.25, -0.2) is 0 Å². The highest BCUT2D eigenvalue weighted by atomic mass is 32.2. The van der Waals surface area contributed by atoms with E-state index in [9.17, 15) is 4.79 Å². The predicted octanol–water partition coefficient (Wildman–Crippen LogP) is 1.47. The topological polar surface area (TPSA) is 17.1 Å². The van der Waals surface area contributed by atoms with E-state index in [4.69, 9.17) is 6.42 Å². The summed E-state index contributed by atoms with van der Waals surface area (Å²) in [7, 11) is 0. The summed E-state index contributed by atoms with van der Waals surface area (Å²) in [5, 5.41) is 0.110. The molecule has 54 valence electrons. The minimum Gasteiger partial charge on any atom is -0.284 e. The molecule has 1 rings (SSSR count). The second-order valence-electron chi connectivity index (χ2n) is 2.36. The van der Waals surface area contributed by atoms with E-state index in [0.717, 1.165) is 18.6 Å². The zero-order valence-corrected chi connectivity index (χ0v) is 6.62. The molecule has 1 heterocycles. The summed E-state index contributed by atoms with van der Waals surface area (Å²) >= 11 is 1.70. The van der Waals surface area contributed by atoms with Gasteiger partial charge in [0.2, 0.25) is 5.78 Å². The maximum Gasteiger partial charge on any atom is 0.218 e. The van der Waals surface area contributed by atoms with Crippen LogP contribution in [0.15, 0.2) is 0 Å². The van der Waals surface area contributed by atoms with Gasteiger partial charge in [0.25, 0.3) is 0 Å². The fourth-order valence-corrected chi connectivity index (χ4v) is 2.25. The van der Waals surface area contributed by atoms with Gasteiger partial charge in [0, 0.05) is 0 Å². The Morgan fingerprint density at radius 2 is 2.40 bits per heavy atom. The molecule has 1 saturated heterocycles. The summed E-state index contributed by atoms with van der Waals surface area (Å²) < 4.78 is 0. The molecule has 0 aromatic heterocycles. The maximum atomic E-state index is 10.9. The van der Waals surface area contributed by atoms with Crippen LogP contribution in [0.4, 0.5) is 0 Å². The third-order valence-corrected chi connectivity index (χ3v) is 2.99. The molecule has 1 fully saturated rings. The molecule has 1 aliphatic rings. The minimum atomic E-state index is -0.0234.